The number of aromatic carboxylic acids is 1. The van der Waals surface area contributed by atoms with E-state index in [1.807, 2.05) is 6.92 Å². The maximum Gasteiger partial charge on any atom is 0.335 e. The van der Waals surface area contributed by atoms with Crippen molar-refractivity contribution < 1.29 is 14.7 Å². The van der Waals surface area contributed by atoms with Gasteiger partial charge in [0.15, 0.2) is 0 Å². The first-order chi connectivity index (χ1) is 10.1. The molecule has 108 valence electrons. The Morgan fingerprint density at radius 1 is 1.19 bits per heavy atom. The van der Waals surface area contributed by atoms with Crippen molar-refractivity contribution in [3.05, 3.63) is 48.0 Å². The van der Waals surface area contributed by atoms with Gasteiger partial charge in [-0.3, -0.25) is 5.32 Å². The van der Waals surface area contributed by atoms with E-state index < -0.39 is 5.97 Å². The van der Waals surface area contributed by atoms with Gasteiger partial charge in [0.05, 0.1) is 11.3 Å². The molecule has 0 atom stereocenters. The highest BCUT2D eigenvalue weighted by atomic mass is 16.4. The molecule has 21 heavy (non-hydrogen) atoms. The topological polar surface area (TPSA) is 91.3 Å². The van der Waals surface area contributed by atoms with E-state index in [0.29, 0.717) is 23.6 Å². The fourth-order valence-electron chi connectivity index (χ4n) is 1.80. The average Bonchev–Trinajstić information content (AvgIpc) is 2.48. The van der Waals surface area contributed by atoms with Gasteiger partial charge in [-0.15, -0.1) is 0 Å². The molecule has 0 radical (unpaired) electrons. The van der Waals surface area contributed by atoms with Gasteiger partial charge in [0.2, 0.25) is 0 Å². The van der Waals surface area contributed by atoms with Crippen molar-refractivity contribution in [2.24, 2.45) is 0 Å². The summed E-state index contributed by atoms with van der Waals surface area (Å²) in [7, 11) is 0. The third-order valence-electron chi connectivity index (χ3n) is 2.73. The van der Waals surface area contributed by atoms with Crippen molar-refractivity contribution in [1.82, 2.24) is 10.3 Å². The van der Waals surface area contributed by atoms with Gasteiger partial charge in [-0.05, 0) is 31.2 Å². The minimum Gasteiger partial charge on any atom is -0.478 e. The predicted octanol–water partition coefficient (Wildman–Crippen LogP) is 2.59. The zero-order valence-electron chi connectivity index (χ0n) is 11.5. The van der Waals surface area contributed by atoms with Crippen LogP contribution in [0.1, 0.15) is 17.3 Å². The van der Waals surface area contributed by atoms with Gasteiger partial charge < -0.3 is 10.4 Å². The van der Waals surface area contributed by atoms with Gasteiger partial charge in [0.1, 0.15) is 5.82 Å². The van der Waals surface area contributed by atoms with E-state index in [1.54, 1.807) is 36.4 Å². The van der Waals surface area contributed by atoms with E-state index in [4.69, 9.17) is 5.11 Å². The van der Waals surface area contributed by atoms with E-state index in [9.17, 15) is 9.59 Å². The largest absolute Gasteiger partial charge is 0.478 e. The fourth-order valence-corrected chi connectivity index (χ4v) is 1.80. The summed E-state index contributed by atoms with van der Waals surface area (Å²) >= 11 is 0. The number of carbonyl (C=O) groups excluding carboxylic acids is 1. The van der Waals surface area contributed by atoms with Gasteiger partial charge in [-0.2, -0.15) is 0 Å². The molecular formula is C15H15N3O3. The molecule has 0 spiro atoms. The van der Waals surface area contributed by atoms with Crippen molar-refractivity contribution in [3.8, 4) is 11.3 Å². The van der Waals surface area contributed by atoms with Crippen LogP contribution in [0.5, 0.6) is 0 Å². The van der Waals surface area contributed by atoms with Gasteiger partial charge >= 0.3 is 12.0 Å². The second-order valence-electron chi connectivity index (χ2n) is 4.28. The van der Waals surface area contributed by atoms with Crippen molar-refractivity contribution in [3.63, 3.8) is 0 Å². The molecule has 0 saturated heterocycles. The van der Waals surface area contributed by atoms with Crippen molar-refractivity contribution >= 4 is 17.8 Å². The minimum absolute atomic E-state index is 0.191. The SMILES string of the molecule is CCNC(=O)Nc1cccc(-c2cccc(C(=O)O)c2)n1. The highest BCUT2D eigenvalue weighted by Crippen LogP contribution is 2.20. The summed E-state index contributed by atoms with van der Waals surface area (Å²) in [5, 5.41) is 14.2. The van der Waals surface area contributed by atoms with E-state index >= 15 is 0 Å². The van der Waals surface area contributed by atoms with Gasteiger partial charge in [-0.1, -0.05) is 18.2 Å². The summed E-state index contributed by atoms with van der Waals surface area (Å²) in [5.74, 6) is -0.590. The number of hydrogen-bond donors (Lipinski definition) is 3. The van der Waals surface area contributed by atoms with Gasteiger partial charge in [0, 0.05) is 12.1 Å². The Hall–Kier alpha value is -2.89. The van der Waals surface area contributed by atoms with E-state index in [1.165, 1.54) is 6.07 Å². The van der Waals surface area contributed by atoms with Gasteiger partial charge in [0.25, 0.3) is 0 Å². The molecule has 3 N–H and O–H groups in total. The highest BCUT2D eigenvalue weighted by Gasteiger charge is 2.07. The van der Waals surface area contributed by atoms with E-state index in [-0.39, 0.29) is 11.6 Å². The second-order valence-corrected chi connectivity index (χ2v) is 4.28. The Bertz CT molecular complexity index is 671. The molecule has 0 aliphatic carbocycles. The third-order valence-corrected chi connectivity index (χ3v) is 2.73. The number of anilines is 1. The maximum absolute atomic E-state index is 11.5. The van der Waals surface area contributed by atoms with Crippen LogP contribution in [-0.2, 0) is 0 Å². The number of carbonyl (C=O) groups is 2. The van der Waals surface area contributed by atoms with E-state index in [2.05, 4.69) is 15.6 Å². The lowest BCUT2D eigenvalue weighted by molar-refractivity contribution is 0.0697. The Kier molecular flexibility index (Phi) is 4.50. The Morgan fingerprint density at radius 3 is 2.67 bits per heavy atom. The second kappa shape index (κ2) is 6.51. The van der Waals surface area contributed by atoms with Crippen LogP contribution in [0.15, 0.2) is 42.5 Å². The van der Waals surface area contributed by atoms with Crippen LogP contribution in [0.4, 0.5) is 10.6 Å². The first-order valence-corrected chi connectivity index (χ1v) is 6.46. The smallest absolute Gasteiger partial charge is 0.335 e. The molecule has 6 nitrogen and oxygen atoms in total. The first-order valence-electron chi connectivity index (χ1n) is 6.46. The molecule has 0 unspecified atom stereocenters. The Balaban J connectivity index is 2.26. The van der Waals surface area contributed by atoms with Crippen LogP contribution in [0.3, 0.4) is 0 Å². The van der Waals surface area contributed by atoms with Crippen molar-refractivity contribution in [2.45, 2.75) is 6.92 Å². The number of nitrogens with one attached hydrogen (secondary N) is 2. The van der Waals surface area contributed by atoms with Crippen LogP contribution >= 0.6 is 0 Å². The Labute approximate surface area is 121 Å². The molecule has 1 aromatic carbocycles. The van der Waals surface area contributed by atoms with Crippen molar-refractivity contribution in [2.75, 3.05) is 11.9 Å². The Morgan fingerprint density at radius 2 is 1.95 bits per heavy atom. The molecular weight excluding hydrogens is 270 g/mol. The number of aromatic nitrogens is 1. The molecule has 2 amide bonds. The summed E-state index contributed by atoms with van der Waals surface area (Å²) in [5.41, 5.74) is 1.46. The molecule has 2 aromatic rings. The molecule has 6 heteroatoms. The van der Waals surface area contributed by atoms with Crippen LogP contribution < -0.4 is 10.6 Å². The van der Waals surface area contributed by atoms with Gasteiger partial charge in [-0.25, -0.2) is 14.6 Å². The standard InChI is InChI=1S/C15H15N3O3/c1-2-16-15(21)18-13-8-4-7-12(17-13)10-5-3-6-11(9-10)14(19)20/h3-9H,2H2,1H3,(H,19,20)(H2,16,17,18,21). The van der Waals surface area contributed by atoms with Crippen LogP contribution in [0.25, 0.3) is 11.3 Å². The molecule has 0 aliphatic rings. The van der Waals surface area contributed by atoms with Crippen LogP contribution in [-0.4, -0.2) is 28.6 Å². The normalized spacial score (nSPS) is 9.95. The zero-order valence-corrected chi connectivity index (χ0v) is 11.5. The molecule has 1 aromatic heterocycles. The predicted molar refractivity (Wildman–Crippen MR) is 79.3 cm³/mol. The zero-order chi connectivity index (χ0) is 15.2. The van der Waals surface area contributed by atoms with E-state index in [0.717, 1.165) is 0 Å². The molecule has 0 bridgehead atoms. The van der Waals surface area contributed by atoms with Crippen molar-refractivity contribution in [1.29, 1.82) is 0 Å². The summed E-state index contributed by atoms with van der Waals surface area (Å²) in [6, 6.07) is 11.3. The fraction of sp³-hybridized carbons (Fsp3) is 0.133. The average molecular weight is 285 g/mol. The van der Waals surface area contributed by atoms with Crippen LogP contribution in [0.2, 0.25) is 0 Å². The molecule has 2 rings (SSSR count). The summed E-state index contributed by atoms with van der Waals surface area (Å²) in [6.45, 7) is 2.34. The number of carboxylic acid groups (broad SMARTS) is 1. The number of carboxylic acids is 1. The number of amides is 2. The molecule has 1 heterocycles. The number of rotatable bonds is 4. The minimum atomic E-state index is -0.992. The quantitative estimate of drug-likeness (QED) is 0.805. The molecule has 0 saturated carbocycles. The highest BCUT2D eigenvalue weighted by molar-refractivity contribution is 5.90. The third kappa shape index (κ3) is 3.79. The number of urea groups is 1. The molecule has 0 fully saturated rings. The number of benzene rings is 1. The maximum atomic E-state index is 11.5. The summed E-state index contributed by atoms with van der Waals surface area (Å²) < 4.78 is 0. The lowest BCUT2D eigenvalue weighted by Crippen LogP contribution is -2.28. The van der Waals surface area contributed by atoms with Crippen LogP contribution in [0, 0.1) is 0 Å². The first kappa shape index (κ1) is 14.5. The number of nitrogens with zero attached hydrogens (tertiary/aromatic N) is 1. The number of hydrogen-bond acceptors (Lipinski definition) is 3. The summed E-state index contributed by atoms with van der Waals surface area (Å²) in [6.07, 6.45) is 0. The lowest BCUT2D eigenvalue weighted by Gasteiger charge is -2.07. The lowest BCUT2D eigenvalue weighted by atomic mass is 10.1. The summed E-state index contributed by atoms with van der Waals surface area (Å²) in [4.78, 5) is 26.7. The monoisotopic (exact) mass is 285 g/mol. The number of pyridine rings is 1. The molecule has 0 aliphatic heterocycles.